The van der Waals surface area contributed by atoms with Crippen LogP contribution < -0.4 is 0 Å². The van der Waals surface area contributed by atoms with Crippen molar-refractivity contribution in [2.75, 3.05) is 6.61 Å². The average Bonchev–Trinajstić information content (AvgIpc) is 3.08. The van der Waals surface area contributed by atoms with Crippen LogP contribution >= 0.6 is 0 Å². The lowest BCUT2D eigenvalue weighted by Gasteiger charge is -2.63. The van der Waals surface area contributed by atoms with Crippen molar-refractivity contribution in [3.63, 3.8) is 0 Å². The number of benzene rings is 1. The molecule has 8 nitrogen and oxygen atoms in total. The van der Waals surface area contributed by atoms with Crippen LogP contribution in [0, 0.1) is 38.7 Å². The number of Topliss-reactive ketones (excluding diaryl/α,β-unsaturated/α-hetero) is 1. The van der Waals surface area contributed by atoms with Crippen molar-refractivity contribution in [3.05, 3.63) is 63.7 Å². The molecule has 0 bridgehead atoms. The van der Waals surface area contributed by atoms with Crippen molar-refractivity contribution < 1.29 is 38.2 Å². The molecule has 0 saturated heterocycles. The maximum Gasteiger partial charge on any atom is 0.274 e. The van der Waals surface area contributed by atoms with E-state index in [0.29, 0.717) is 0 Å². The van der Waals surface area contributed by atoms with Crippen LogP contribution in [-0.2, 0) is 20.9 Å². The van der Waals surface area contributed by atoms with Gasteiger partial charge < -0.3 is 14.9 Å². The van der Waals surface area contributed by atoms with E-state index in [1.54, 1.807) is 19.9 Å². The van der Waals surface area contributed by atoms with Crippen molar-refractivity contribution in [1.82, 2.24) is 0 Å². The fraction of sp³-hybridized carbons (Fsp3) is 0.586. The van der Waals surface area contributed by atoms with Gasteiger partial charge in [-0.1, -0.05) is 32.1 Å². The summed E-state index contributed by atoms with van der Waals surface area (Å²) < 4.78 is 38.3. The molecule has 10 heteroatoms. The number of alkyl halides is 2. The summed E-state index contributed by atoms with van der Waals surface area (Å²) >= 11 is 0. The Kier molecular flexibility index (Phi) is 6.48. The normalized spacial score (nSPS) is 42.8. The largest absolute Gasteiger partial charge is 0.390 e. The summed E-state index contributed by atoms with van der Waals surface area (Å²) in [5.41, 5.74) is -7.00. The van der Waals surface area contributed by atoms with E-state index in [4.69, 9.17) is 4.74 Å². The zero-order valence-corrected chi connectivity index (χ0v) is 22.1. The first kappa shape index (κ1) is 27.7. The van der Waals surface area contributed by atoms with Gasteiger partial charge in [0.05, 0.1) is 23.2 Å². The number of ketones is 2. The number of nitro benzene ring substituents is 1. The summed E-state index contributed by atoms with van der Waals surface area (Å²) in [4.78, 5) is 36.3. The van der Waals surface area contributed by atoms with E-state index < -0.39 is 75.2 Å². The Hall–Kier alpha value is -2.82. The Bertz CT molecular complexity index is 1300. The number of aliphatic hydroxyl groups excluding tert-OH is 1. The van der Waals surface area contributed by atoms with E-state index in [2.05, 4.69) is 0 Å². The lowest BCUT2D eigenvalue weighted by Crippen LogP contribution is -2.70. The van der Waals surface area contributed by atoms with E-state index >= 15 is 8.78 Å². The van der Waals surface area contributed by atoms with Crippen LogP contribution in [0.3, 0.4) is 0 Å². The van der Waals surface area contributed by atoms with Gasteiger partial charge in [-0.15, -0.1) is 0 Å². The second-order valence-corrected chi connectivity index (χ2v) is 12.1. The molecule has 4 aliphatic carbocycles. The maximum atomic E-state index is 17.2. The number of hydrogen-bond acceptors (Lipinski definition) is 7. The Morgan fingerprint density at radius 2 is 1.92 bits per heavy atom. The first-order valence-electron chi connectivity index (χ1n) is 13.2. The van der Waals surface area contributed by atoms with Gasteiger partial charge in [0.15, 0.2) is 17.2 Å². The smallest absolute Gasteiger partial charge is 0.274 e. The summed E-state index contributed by atoms with van der Waals surface area (Å²) in [5, 5.41) is 34.6. The number of carbonyl (C=O) groups excluding carboxylic acids is 2. The lowest BCUT2D eigenvalue weighted by molar-refractivity contribution is -0.385. The third kappa shape index (κ3) is 3.64. The molecule has 1 unspecified atom stereocenters. The number of rotatable bonds is 6. The zero-order valence-electron chi connectivity index (χ0n) is 22.1. The van der Waals surface area contributed by atoms with Gasteiger partial charge in [-0.25, -0.2) is 8.78 Å². The Labute approximate surface area is 224 Å². The van der Waals surface area contributed by atoms with Crippen LogP contribution in [0.1, 0.15) is 45.6 Å². The Morgan fingerprint density at radius 3 is 2.62 bits per heavy atom. The molecule has 3 saturated carbocycles. The highest BCUT2D eigenvalue weighted by Gasteiger charge is 2.76. The van der Waals surface area contributed by atoms with Gasteiger partial charge in [-0.3, -0.25) is 19.7 Å². The molecule has 0 aromatic heterocycles. The van der Waals surface area contributed by atoms with E-state index in [9.17, 15) is 29.9 Å². The minimum absolute atomic E-state index is 0.0113. The highest BCUT2D eigenvalue weighted by atomic mass is 19.1. The minimum Gasteiger partial charge on any atom is -0.390 e. The fourth-order valence-electron chi connectivity index (χ4n) is 8.31. The number of para-hydroxylation sites is 1. The van der Waals surface area contributed by atoms with Crippen LogP contribution in [0.25, 0.3) is 0 Å². The molecule has 210 valence electrons. The number of fused-ring (bicyclic) bond motifs is 5. The molecule has 0 aliphatic heterocycles. The molecule has 1 aromatic carbocycles. The summed E-state index contributed by atoms with van der Waals surface area (Å²) in [5.74, 6) is -3.39. The number of allylic oxidation sites excluding steroid dienone is 4. The van der Waals surface area contributed by atoms with Crippen LogP contribution in [0.5, 0.6) is 0 Å². The molecule has 1 aromatic rings. The molecule has 2 N–H and O–H groups in total. The van der Waals surface area contributed by atoms with Gasteiger partial charge in [0.1, 0.15) is 18.4 Å². The van der Waals surface area contributed by atoms with Gasteiger partial charge in [0.25, 0.3) is 5.69 Å². The minimum atomic E-state index is -2.31. The van der Waals surface area contributed by atoms with Crippen LogP contribution in [0.15, 0.2) is 48.1 Å². The highest BCUT2D eigenvalue weighted by Crippen LogP contribution is 2.71. The molecule has 5 rings (SSSR count). The van der Waals surface area contributed by atoms with Crippen molar-refractivity contribution in [2.45, 2.75) is 70.2 Å². The third-order valence-corrected chi connectivity index (χ3v) is 10.3. The number of carbonyl (C=O) groups is 2. The number of nitrogens with zero attached hydrogens (tertiary/aromatic N) is 1. The molecular formula is C29H33F2NO7. The third-order valence-electron chi connectivity index (χ3n) is 10.3. The summed E-state index contributed by atoms with van der Waals surface area (Å²) in [6.45, 7) is 4.05. The van der Waals surface area contributed by atoms with Crippen LogP contribution in [0.4, 0.5) is 14.5 Å². The summed E-state index contributed by atoms with van der Waals surface area (Å²) in [6.07, 6.45) is 0.125. The van der Waals surface area contributed by atoms with Crippen molar-refractivity contribution in [2.24, 2.45) is 28.6 Å². The molecule has 0 heterocycles. The number of halogens is 2. The van der Waals surface area contributed by atoms with Gasteiger partial charge in [-0.05, 0) is 61.8 Å². The lowest BCUT2D eigenvalue weighted by atomic mass is 9.44. The van der Waals surface area contributed by atoms with Crippen LogP contribution in [0.2, 0.25) is 0 Å². The second-order valence-electron chi connectivity index (χ2n) is 12.1. The first-order valence-corrected chi connectivity index (χ1v) is 13.2. The zero-order chi connectivity index (χ0) is 28.5. The SMILES string of the molecule is C[C@H]1C[C@H]2[C@@H]3C[C@H](F)C4=CC(=O)C=C[C@]4(C)C3(F)[C@@H](O)C[C@]2(C)[C@@]1(O)C(=O)COCc1ccccc1[N+](=O)[O-]. The molecule has 0 spiro atoms. The highest BCUT2D eigenvalue weighted by molar-refractivity contribution is 6.01. The molecule has 3 fully saturated rings. The first-order chi connectivity index (χ1) is 18.2. The predicted octanol–water partition coefficient (Wildman–Crippen LogP) is 3.98. The Morgan fingerprint density at radius 1 is 1.23 bits per heavy atom. The standard InChI is InChI=1S/C29H33F2NO7/c1-16-10-19-20-12-22(30)21-11-18(33)8-9-26(21,2)28(20,31)24(34)13-27(19,3)29(16,36)25(35)15-39-14-17-6-4-5-7-23(17)32(37)38/h4-9,11,16,19-20,22,24,34,36H,10,12-15H2,1-3H3/t16-,19-,20-,22-,24-,26-,27-,28?,29-/m0/s1. The summed E-state index contributed by atoms with van der Waals surface area (Å²) in [6, 6.07) is 5.97. The van der Waals surface area contributed by atoms with Gasteiger partial charge >= 0.3 is 0 Å². The molecule has 4 aliphatic rings. The number of nitro groups is 1. The van der Waals surface area contributed by atoms with E-state index in [1.807, 2.05) is 0 Å². The number of hydrogen-bond donors (Lipinski definition) is 2. The quantitative estimate of drug-likeness (QED) is 0.409. The van der Waals surface area contributed by atoms with E-state index in [-0.39, 0.29) is 42.7 Å². The van der Waals surface area contributed by atoms with Crippen molar-refractivity contribution in [3.8, 4) is 0 Å². The topological polar surface area (TPSA) is 127 Å². The van der Waals surface area contributed by atoms with E-state index in [1.165, 1.54) is 37.3 Å². The average molecular weight is 546 g/mol. The van der Waals surface area contributed by atoms with Crippen LogP contribution in [-0.4, -0.2) is 56.9 Å². The predicted molar refractivity (Wildman–Crippen MR) is 136 cm³/mol. The molecular weight excluding hydrogens is 512 g/mol. The Balaban J connectivity index is 1.43. The monoisotopic (exact) mass is 545 g/mol. The van der Waals surface area contributed by atoms with Gasteiger partial charge in [-0.2, -0.15) is 0 Å². The molecule has 9 atom stereocenters. The van der Waals surface area contributed by atoms with E-state index in [0.717, 1.165) is 6.08 Å². The number of ether oxygens (including phenoxy) is 1. The van der Waals surface area contributed by atoms with Gasteiger partial charge in [0, 0.05) is 22.8 Å². The van der Waals surface area contributed by atoms with Gasteiger partial charge in [0.2, 0.25) is 0 Å². The summed E-state index contributed by atoms with van der Waals surface area (Å²) in [7, 11) is 0. The molecule has 39 heavy (non-hydrogen) atoms. The van der Waals surface area contributed by atoms with Crippen molar-refractivity contribution >= 4 is 17.3 Å². The maximum absolute atomic E-state index is 17.2. The number of aliphatic hydroxyl groups is 2. The fourth-order valence-corrected chi connectivity index (χ4v) is 8.31. The molecule has 0 amide bonds. The second kappa shape index (κ2) is 9.11. The molecule has 0 radical (unpaired) electrons. The van der Waals surface area contributed by atoms with Crippen molar-refractivity contribution in [1.29, 1.82) is 0 Å².